The zero-order valence-electron chi connectivity index (χ0n) is 20.2. The first-order valence-electron chi connectivity index (χ1n) is 11.6. The molecule has 2 heterocycles. The molecule has 38 heavy (non-hydrogen) atoms. The number of rotatable bonds is 7. The fourth-order valence-electron chi connectivity index (χ4n) is 3.95. The zero-order chi connectivity index (χ0) is 27.3. The summed E-state index contributed by atoms with van der Waals surface area (Å²) < 4.78 is 64.3. The highest BCUT2D eigenvalue weighted by molar-refractivity contribution is 6.07. The van der Waals surface area contributed by atoms with Crippen molar-refractivity contribution in [1.29, 1.82) is 0 Å². The Morgan fingerprint density at radius 2 is 1.76 bits per heavy atom. The number of ether oxygens (including phenoxy) is 2. The third-order valence-corrected chi connectivity index (χ3v) is 5.91. The number of carbonyl (C=O) groups is 2. The lowest BCUT2D eigenvalue weighted by Crippen LogP contribution is -2.47. The van der Waals surface area contributed by atoms with E-state index in [0.29, 0.717) is 26.3 Å². The van der Waals surface area contributed by atoms with Crippen LogP contribution >= 0.6 is 0 Å². The van der Waals surface area contributed by atoms with Gasteiger partial charge in [-0.25, -0.2) is 4.39 Å². The predicted molar refractivity (Wildman–Crippen MR) is 131 cm³/mol. The van der Waals surface area contributed by atoms with Crippen LogP contribution in [0.5, 0.6) is 5.75 Å². The molecular weight excluding hydrogens is 508 g/mol. The Morgan fingerprint density at radius 1 is 1.03 bits per heavy atom. The molecule has 0 aliphatic carbocycles. The van der Waals surface area contributed by atoms with Crippen molar-refractivity contribution in [2.24, 2.45) is 0 Å². The molecule has 1 fully saturated rings. The SMILES string of the molecule is CC(C(=O)Nc1cc(NC(=O)c2cccnc2)c(-c2ccccc2F)cc1OC(F)(F)F)N1CCOCC1. The average molecular weight is 532 g/mol. The van der Waals surface area contributed by atoms with Crippen LogP contribution in [0.4, 0.5) is 28.9 Å². The molecule has 0 radical (unpaired) electrons. The molecule has 1 aliphatic heterocycles. The van der Waals surface area contributed by atoms with Crippen LogP contribution in [0.2, 0.25) is 0 Å². The summed E-state index contributed by atoms with van der Waals surface area (Å²) >= 11 is 0. The maximum atomic E-state index is 14.7. The van der Waals surface area contributed by atoms with Gasteiger partial charge in [-0.1, -0.05) is 18.2 Å². The van der Waals surface area contributed by atoms with E-state index in [-0.39, 0.29) is 28.1 Å². The van der Waals surface area contributed by atoms with Gasteiger partial charge in [0.15, 0.2) is 5.75 Å². The van der Waals surface area contributed by atoms with E-state index in [4.69, 9.17) is 4.74 Å². The maximum Gasteiger partial charge on any atom is 0.573 e. The largest absolute Gasteiger partial charge is 0.573 e. The minimum Gasteiger partial charge on any atom is -0.404 e. The molecule has 1 saturated heterocycles. The number of amides is 2. The van der Waals surface area contributed by atoms with E-state index in [1.54, 1.807) is 6.92 Å². The number of hydrogen-bond donors (Lipinski definition) is 2. The summed E-state index contributed by atoms with van der Waals surface area (Å²) in [4.78, 5) is 31.6. The van der Waals surface area contributed by atoms with Crippen molar-refractivity contribution < 1.29 is 36.6 Å². The lowest BCUT2D eigenvalue weighted by Gasteiger charge is -2.31. The van der Waals surface area contributed by atoms with Crippen molar-refractivity contribution in [2.45, 2.75) is 19.3 Å². The number of pyridine rings is 1. The summed E-state index contributed by atoms with van der Waals surface area (Å²) in [5.41, 5.74) is -0.407. The molecule has 200 valence electrons. The lowest BCUT2D eigenvalue weighted by molar-refractivity contribution is -0.274. The van der Waals surface area contributed by atoms with Gasteiger partial charge in [0.2, 0.25) is 5.91 Å². The topological polar surface area (TPSA) is 92.8 Å². The van der Waals surface area contributed by atoms with Gasteiger partial charge in [0.05, 0.1) is 36.2 Å². The average Bonchev–Trinajstić information content (AvgIpc) is 2.90. The Kier molecular flexibility index (Phi) is 8.23. The second-order valence-electron chi connectivity index (χ2n) is 8.43. The van der Waals surface area contributed by atoms with Crippen LogP contribution in [-0.4, -0.2) is 60.4 Å². The van der Waals surface area contributed by atoms with Crippen LogP contribution in [0.3, 0.4) is 0 Å². The number of morpholine rings is 1. The molecule has 1 atom stereocenters. The van der Waals surface area contributed by atoms with Gasteiger partial charge in [-0.2, -0.15) is 0 Å². The number of nitrogens with one attached hydrogen (secondary N) is 2. The summed E-state index contributed by atoms with van der Waals surface area (Å²) in [6.07, 6.45) is -2.34. The second kappa shape index (κ2) is 11.6. The molecule has 0 bridgehead atoms. The second-order valence-corrected chi connectivity index (χ2v) is 8.43. The van der Waals surface area contributed by atoms with E-state index < -0.39 is 35.8 Å². The number of anilines is 2. The molecule has 12 heteroatoms. The monoisotopic (exact) mass is 532 g/mol. The molecule has 1 unspecified atom stereocenters. The molecule has 1 aromatic heterocycles. The van der Waals surface area contributed by atoms with E-state index in [9.17, 15) is 27.2 Å². The summed E-state index contributed by atoms with van der Waals surface area (Å²) in [5, 5.41) is 5.06. The first kappa shape index (κ1) is 27.0. The van der Waals surface area contributed by atoms with Gasteiger partial charge in [-0.15, -0.1) is 13.2 Å². The van der Waals surface area contributed by atoms with Gasteiger partial charge in [0, 0.05) is 36.6 Å². The van der Waals surface area contributed by atoms with Gasteiger partial charge in [0.1, 0.15) is 5.82 Å². The van der Waals surface area contributed by atoms with E-state index >= 15 is 0 Å². The highest BCUT2D eigenvalue weighted by Crippen LogP contribution is 2.41. The van der Waals surface area contributed by atoms with E-state index in [1.165, 1.54) is 42.7 Å². The fourth-order valence-corrected chi connectivity index (χ4v) is 3.95. The summed E-state index contributed by atoms with van der Waals surface area (Å²) in [6.45, 7) is 3.39. The van der Waals surface area contributed by atoms with Crippen molar-refractivity contribution in [3.05, 3.63) is 72.3 Å². The predicted octanol–water partition coefficient (Wildman–Crippen LogP) is 4.70. The van der Waals surface area contributed by atoms with Crippen molar-refractivity contribution in [3.63, 3.8) is 0 Å². The minimum absolute atomic E-state index is 0.0483. The Labute approximate surface area is 215 Å². The van der Waals surface area contributed by atoms with Crippen molar-refractivity contribution in [3.8, 4) is 16.9 Å². The van der Waals surface area contributed by atoms with Crippen molar-refractivity contribution in [1.82, 2.24) is 9.88 Å². The van der Waals surface area contributed by atoms with Crippen LogP contribution in [-0.2, 0) is 9.53 Å². The maximum absolute atomic E-state index is 14.7. The molecule has 2 aromatic carbocycles. The molecule has 2 N–H and O–H groups in total. The van der Waals surface area contributed by atoms with Crippen LogP contribution in [0, 0.1) is 5.82 Å². The van der Waals surface area contributed by atoms with Gasteiger partial charge in [-0.3, -0.25) is 19.5 Å². The summed E-state index contributed by atoms with van der Waals surface area (Å²) in [7, 11) is 0. The third kappa shape index (κ3) is 6.64. The van der Waals surface area contributed by atoms with E-state index in [0.717, 1.165) is 18.2 Å². The quantitative estimate of drug-likeness (QED) is 0.429. The van der Waals surface area contributed by atoms with Gasteiger partial charge in [0.25, 0.3) is 5.91 Å². The Balaban J connectivity index is 1.77. The Hall–Kier alpha value is -4.03. The number of nitrogens with zero attached hydrogens (tertiary/aromatic N) is 2. The molecule has 0 saturated carbocycles. The molecule has 0 spiro atoms. The molecule has 1 aliphatic rings. The molecular formula is C26H24F4N4O4. The first-order valence-corrected chi connectivity index (χ1v) is 11.6. The lowest BCUT2D eigenvalue weighted by atomic mass is 10.0. The Bertz CT molecular complexity index is 1300. The molecule has 8 nitrogen and oxygen atoms in total. The Morgan fingerprint density at radius 3 is 2.42 bits per heavy atom. The summed E-state index contributed by atoms with van der Waals surface area (Å²) in [5.74, 6) is -2.74. The number of alkyl halides is 3. The van der Waals surface area contributed by atoms with Crippen LogP contribution in [0.25, 0.3) is 11.1 Å². The number of benzene rings is 2. The van der Waals surface area contributed by atoms with Gasteiger partial charge in [-0.05, 0) is 37.3 Å². The third-order valence-electron chi connectivity index (χ3n) is 5.91. The van der Waals surface area contributed by atoms with E-state index in [1.807, 2.05) is 4.90 Å². The fraction of sp³-hybridized carbons (Fsp3) is 0.269. The normalized spacial score (nSPS) is 15.0. The molecule has 4 rings (SSSR count). The van der Waals surface area contributed by atoms with Crippen LogP contribution in [0.15, 0.2) is 60.9 Å². The standard InChI is InChI=1S/C26H24F4N4O4/c1-16(34-9-11-37-12-10-34)24(35)33-22-14-21(32-25(36)17-5-4-8-31-15-17)19(13-23(22)38-26(28,29)30)18-6-2-3-7-20(18)27/h2-8,13-16H,9-12H2,1H3,(H,32,36)(H,33,35). The number of hydrogen-bond acceptors (Lipinski definition) is 6. The van der Waals surface area contributed by atoms with Crippen LogP contribution in [0.1, 0.15) is 17.3 Å². The number of carbonyl (C=O) groups excluding carboxylic acids is 2. The number of halogens is 4. The highest BCUT2D eigenvalue weighted by Gasteiger charge is 2.34. The minimum atomic E-state index is -5.11. The number of aromatic nitrogens is 1. The van der Waals surface area contributed by atoms with Crippen molar-refractivity contribution in [2.75, 3.05) is 36.9 Å². The molecule has 2 amide bonds. The van der Waals surface area contributed by atoms with E-state index in [2.05, 4.69) is 20.4 Å². The first-order chi connectivity index (χ1) is 18.1. The van der Waals surface area contributed by atoms with Crippen LogP contribution < -0.4 is 15.4 Å². The van der Waals surface area contributed by atoms with Crippen molar-refractivity contribution >= 4 is 23.2 Å². The van der Waals surface area contributed by atoms with Gasteiger partial charge < -0.3 is 20.1 Å². The highest BCUT2D eigenvalue weighted by atomic mass is 19.4. The smallest absolute Gasteiger partial charge is 0.404 e. The molecule has 3 aromatic rings. The summed E-state index contributed by atoms with van der Waals surface area (Å²) in [6, 6.07) is 9.76. The van der Waals surface area contributed by atoms with Gasteiger partial charge >= 0.3 is 6.36 Å². The zero-order valence-corrected chi connectivity index (χ0v) is 20.2.